The van der Waals surface area contributed by atoms with Gasteiger partial charge in [-0.25, -0.2) is 0 Å². The smallest absolute Gasteiger partial charge is 0.325 e. The van der Waals surface area contributed by atoms with E-state index in [0.717, 1.165) is 19.5 Å². The number of esters is 1. The number of piperidine rings is 1. The molecule has 0 amide bonds. The Kier molecular flexibility index (Phi) is 4.05. The van der Waals surface area contributed by atoms with Crippen LogP contribution in [0.3, 0.4) is 0 Å². The summed E-state index contributed by atoms with van der Waals surface area (Å²) in [6, 6.07) is 0. The Morgan fingerprint density at radius 1 is 1.41 bits per heavy atom. The highest BCUT2D eigenvalue weighted by molar-refractivity contribution is 5.80. The maximum absolute atomic E-state index is 11.7. The van der Waals surface area contributed by atoms with Crippen molar-refractivity contribution in [3.05, 3.63) is 0 Å². The van der Waals surface area contributed by atoms with E-state index in [1.807, 2.05) is 6.92 Å². The molecular weight excluding hydrogens is 216 g/mol. The summed E-state index contributed by atoms with van der Waals surface area (Å²) in [5, 5.41) is 3.32. The van der Waals surface area contributed by atoms with Crippen LogP contribution in [0.1, 0.15) is 32.6 Å². The van der Waals surface area contributed by atoms with E-state index in [9.17, 15) is 4.79 Å². The fourth-order valence-corrected chi connectivity index (χ4v) is 3.11. The molecule has 0 saturated carbocycles. The second-order valence-electron chi connectivity index (χ2n) is 5.64. The number of ether oxygens (including phenoxy) is 1. The standard InChI is InChI=1S/C13H24N2O2/c1-13(12(16)17-2)8-11(9-14-13)10-15-6-4-3-5-7-15/h11,14H,3-10H2,1-2H3. The molecule has 2 aliphatic rings. The number of carbonyl (C=O) groups is 1. The van der Waals surface area contributed by atoms with Gasteiger partial charge in [-0.3, -0.25) is 4.79 Å². The fraction of sp³-hybridized carbons (Fsp3) is 0.923. The summed E-state index contributed by atoms with van der Waals surface area (Å²) in [4.78, 5) is 14.2. The van der Waals surface area contributed by atoms with Gasteiger partial charge in [0.2, 0.25) is 0 Å². The molecule has 0 aliphatic carbocycles. The number of nitrogens with zero attached hydrogens (tertiary/aromatic N) is 1. The molecule has 0 aromatic carbocycles. The molecule has 0 bridgehead atoms. The summed E-state index contributed by atoms with van der Waals surface area (Å²) < 4.78 is 4.86. The topological polar surface area (TPSA) is 41.6 Å². The van der Waals surface area contributed by atoms with E-state index in [0.29, 0.717) is 5.92 Å². The molecule has 4 heteroatoms. The number of nitrogens with one attached hydrogen (secondary N) is 1. The van der Waals surface area contributed by atoms with Gasteiger partial charge in [-0.05, 0) is 45.2 Å². The van der Waals surface area contributed by atoms with Crippen molar-refractivity contribution in [1.29, 1.82) is 0 Å². The van der Waals surface area contributed by atoms with E-state index in [1.165, 1.54) is 39.5 Å². The van der Waals surface area contributed by atoms with Crippen LogP contribution in [0.2, 0.25) is 0 Å². The Bertz CT molecular complexity index is 277. The molecule has 2 fully saturated rings. The maximum Gasteiger partial charge on any atom is 0.325 e. The molecule has 0 spiro atoms. The Morgan fingerprint density at radius 3 is 2.76 bits per heavy atom. The van der Waals surface area contributed by atoms with Crippen molar-refractivity contribution >= 4 is 5.97 Å². The van der Waals surface area contributed by atoms with Crippen molar-refractivity contribution in [2.24, 2.45) is 5.92 Å². The third kappa shape index (κ3) is 2.99. The van der Waals surface area contributed by atoms with Crippen LogP contribution in [0.5, 0.6) is 0 Å². The van der Waals surface area contributed by atoms with Gasteiger partial charge in [0.05, 0.1) is 7.11 Å². The van der Waals surface area contributed by atoms with Crippen LogP contribution in [0.25, 0.3) is 0 Å². The lowest BCUT2D eigenvalue weighted by Gasteiger charge is -2.29. The van der Waals surface area contributed by atoms with Crippen molar-refractivity contribution in [2.45, 2.75) is 38.1 Å². The Balaban J connectivity index is 1.82. The van der Waals surface area contributed by atoms with Crippen LogP contribution >= 0.6 is 0 Å². The first-order valence-electron chi connectivity index (χ1n) is 6.70. The molecule has 17 heavy (non-hydrogen) atoms. The number of carbonyl (C=O) groups excluding carboxylic acids is 1. The molecule has 2 unspecified atom stereocenters. The molecule has 2 heterocycles. The van der Waals surface area contributed by atoms with E-state index in [4.69, 9.17) is 4.74 Å². The van der Waals surface area contributed by atoms with Crippen LogP contribution < -0.4 is 5.32 Å². The lowest BCUT2D eigenvalue weighted by atomic mass is 9.94. The van der Waals surface area contributed by atoms with Crippen molar-refractivity contribution in [1.82, 2.24) is 10.2 Å². The van der Waals surface area contributed by atoms with Crippen LogP contribution in [0, 0.1) is 5.92 Å². The summed E-state index contributed by atoms with van der Waals surface area (Å²) in [5.41, 5.74) is -0.463. The zero-order chi connectivity index (χ0) is 12.3. The van der Waals surface area contributed by atoms with Crippen LogP contribution in [0.15, 0.2) is 0 Å². The third-order valence-electron chi connectivity index (χ3n) is 4.08. The molecule has 0 radical (unpaired) electrons. The SMILES string of the molecule is COC(=O)C1(C)CC(CN2CCCCC2)CN1. The summed E-state index contributed by atoms with van der Waals surface area (Å²) in [7, 11) is 1.47. The predicted molar refractivity (Wildman–Crippen MR) is 66.8 cm³/mol. The first kappa shape index (κ1) is 12.8. The summed E-state index contributed by atoms with van der Waals surface area (Å²) in [6.45, 7) is 6.47. The lowest BCUT2D eigenvalue weighted by Crippen LogP contribution is -2.45. The van der Waals surface area contributed by atoms with Crippen molar-refractivity contribution < 1.29 is 9.53 Å². The van der Waals surface area contributed by atoms with Gasteiger partial charge < -0.3 is 15.0 Å². The number of likely N-dealkylation sites (tertiary alicyclic amines) is 1. The van der Waals surface area contributed by atoms with E-state index < -0.39 is 5.54 Å². The quantitative estimate of drug-likeness (QED) is 0.748. The molecule has 98 valence electrons. The van der Waals surface area contributed by atoms with Gasteiger partial charge in [-0.2, -0.15) is 0 Å². The van der Waals surface area contributed by atoms with Gasteiger partial charge >= 0.3 is 5.97 Å². The first-order chi connectivity index (χ1) is 8.14. The number of methoxy groups -OCH3 is 1. The van der Waals surface area contributed by atoms with Crippen LogP contribution in [-0.4, -0.2) is 49.7 Å². The minimum Gasteiger partial charge on any atom is -0.468 e. The normalized spacial score (nSPS) is 34.8. The predicted octanol–water partition coefficient (Wildman–Crippen LogP) is 1.01. The van der Waals surface area contributed by atoms with E-state index in [1.54, 1.807) is 0 Å². The highest BCUT2D eigenvalue weighted by Crippen LogP contribution is 2.26. The van der Waals surface area contributed by atoms with E-state index in [-0.39, 0.29) is 5.97 Å². The van der Waals surface area contributed by atoms with Crippen molar-refractivity contribution in [2.75, 3.05) is 33.3 Å². The first-order valence-corrected chi connectivity index (χ1v) is 6.70. The number of hydrogen-bond donors (Lipinski definition) is 1. The second kappa shape index (κ2) is 5.36. The average molecular weight is 240 g/mol. The Labute approximate surface area is 104 Å². The molecule has 1 N–H and O–H groups in total. The molecule has 4 nitrogen and oxygen atoms in total. The number of rotatable bonds is 3. The zero-order valence-electron chi connectivity index (χ0n) is 11.0. The zero-order valence-corrected chi connectivity index (χ0v) is 11.0. The largest absolute Gasteiger partial charge is 0.468 e. The minimum atomic E-state index is -0.463. The molecule has 2 atom stereocenters. The Morgan fingerprint density at radius 2 is 2.12 bits per heavy atom. The van der Waals surface area contributed by atoms with Gasteiger partial charge in [0.1, 0.15) is 5.54 Å². The molecule has 2 aliphatic heterocycles. The van der Waals surface area contributed by atoms with E-state index in [2.05, 4.69) is 10.2 Å². The average Bonchev–Trinajstić information content (AvgIpc) is 2.72. The fourth-order valence-electron chi connectivity index (χ4n) is 3.11. The van der Waals surface area contributed by atoms with Crippen molar-refractivity contribution in [3.63, 3.8) is 0 Å². The molecular formula is C13H24N2O2. The van der Waals surface area contributed by atoms with Crippen LogP contribution in [-0.2, 0) is 9.53 Å². The summed E-state index contributed by atoms with van der Waals surface area (Å²) >= 11 is 0. The Hall–Kier alpha value is -0.610. The highest BCUT2D eigenvalue weighted by Gasteiger charge is 2.42. The van der Waals surface area contributed by atoms with Crippen molar-refractivity contribution in [3.8, 4) is 0 Å². The van der Waals surface area contributed by atoms with Gasteiger partial charge in [-0.15, -0.1) is 0 Å². The highest BCUT2D eigenvalue weighted by atomic mass is 16.5. The van der Waals surface area contributed by atoms with Gasteiger partial charge in [0, 0.05) is 13.1 Å². The monoisotopic (exact) mass is 240 g/mol. The van der Waals surface area contributed by atoms with Gasteiger partial charge in [0.25, 0.3) is 0 Å². The summed E-state index contributed by atoms with van der Waals surface area (Å²) in [6.07, 6.45) is 4.93. The van der Waals surface area contributed by atoms with E-state index >= 15 is 0 Å². The molecule has 0 aromatic rings. The number of hydrogen-bond acceptors (Lipinski definition) is 4. The maximum atomic E-state index is 11.7. The molecule has 0 aromatic heterocycles. The second-order valence-corrected chi connectivity index (χ2v) is 5.64. The van der Waals surface area contributed by atoms with Gasteiger partial charge in [0.15, 0.2) is 0 Å². The molecule has 2 saturated heterocycles. The minimum absolute atomic E-state index is 0.126. The van der Waals surface area contributed by atoms with Crippen LogP contribution in [0.4, 0.5) is 0 Å². The third-order valence-corrected chi connectivity index (χ3v) is 4.08. The molecule has 2 rings (SSSR count). The summed E-state index contributed by atoms with van der Waals surface area (Å²) in [5.74, 6) is 0.454. The van der Waals surface area contributed by atoms with Gasteiger partial charge in [-0.1, -0.05) is 6.42 Å². The lowest BCUT2D eigenvalue weighted by molar-refractivity contribution is -0.147.